The second kappa shape index (κ2) is 12.9. The Kier molecular flexibility index (Phi) is 10.1. The first-order valence-corrected chi connectivity index (χ1v) is 13.3. The monoisotopic (exact) mass is 575 g/mol. The molecule has 1 atom stereocenters. The average molecular weight is 576 g/mol. The van der Waals surface area contributed by atoms with Crippen LogP contribution in [0, 0.1) is 5.92 Å². The number of rotatable bonds is 7. The first-order chi connectivity index (χ1) is 18.5. The average Bonchev–Trinajstić information content (AvgIpc) is 3.39. The summed E-state index contributed by atoms with van der Waals surface area (Å²) in [4.78, 5) is 43.4. The molecule has 40 heavy (non-hydrogen) atoms. The molecule has 1 aromatic heterocycles. The Morgan fingerprint density at radius 2 is 1.85 bits per heavy atom. The summed E-state index contributed by atoms with van der Waals surface area (Å²) < 4.78 is 11.9. The number of fused-ring (bicyclic) bond motifs is 1. The van der Waals surface area contributed by atoms with E-state index in [0.29, 0.717) is 48.2 Å². The van der Waals surface area contributed by atoms with E-state index in [1.165, 1.54) is 0 Å². The Hall–Kier alpha value is -3.29. The van der Waals surface area contributed by atoms with E-state index >= 15 is 0 Å². The van der Waals surface area contributed by atoms with E-state index in [2.05, 4.69) is 20.6 Å². The molecule has 1 fully saturated rings. The van der Waals surface area contributed by atoms with Gasteiger partial charge in [-0.1, -0.05) is 0 Å². The minimum atomic E-state index is -0.915. The zero-order chi connectivity index (χ0) is 28.3. The molecular formula is C27H41N7O5S. The Balaban J connectivity index is 0.00000441. The van der Waals surface area contributed by atoms with Gasteiger partial charge in [0, 0.05) is 42.6 Å². The molecule has 12 nitrogen and oxygen atoms in total. The zero-order valence-corrected chi connectivity index (χ0v) is 24.8. The number of nitrogen functional groups attached to an aromatic ring is 1. The van der Waals surface area contributed by atoms with Crippen LogP contribution in [0.3, 0.4) is 0 Å². The summed E-state index contributed by atoms with van der Waals surface area (Å²) in [6.07, 6.45) is 1.08. The summed E-state index contributed by atoms with van der Waals surface area (Å²) in [5, 5.41) is 10.5. The summed E-state index contributed by atoms with van der Waals surface area (Å²) in [5.41, 5.74) is 6.84. The Morgan fingerprint density at radius 3 is 2.45 bits per heavy atom. The zero-order valence-electron chi connectivity index (χ0n) is 23.8. The summed E-state index contributed by atoms with van der Waals surface area (Å²) in [6, 6.07) is 6.17. The molecule has 1 aromatic carbocycles. The van der Waals surface area contributed by atoms with Crippen molar-refractivity contribution in [2.24, 2.45) is 5.92 Å². The third-order valence-corrected chi connectivity index (χ3v) is 7.35. The van der Waals surface area contributed by atoms with Gasteiger partial charge in [0.15, 0.2) is 5.82 Å². The number of hydrogen-bond donors (Lipinski definition) is 3. The van der Waals surface area contributed by atoms with E-state index < -0.39 is 17.5 Å². The van der Waals surface area contributed by atoms with Crippen LogP contribution in [0.4, 0.5) is 21.1 Å². The largest absolute Gasteiger partial charge is 0.448 e. The van der Waals surface area contributed by atoms with Crippen LogP contribution in [0.1, 0.15) is 55.2 Å². The van der Waals surface area contributed by atoms with Gasteiger partial charge in [0.25, 0.3) is 5.91 Å². The van der Waals surface area contributed by atoms with Gasteiger partial charge in [-0.2, -0.15) is 18.2 Å². The van der Waals surface area contributed by atoms with Gasteiger partial charge in [0.1, 0.15) is 0 Å². The quantitative estimate of drug-likeness (QED) is 0.428. The molecular weight excluding hydrogens is 534 g/mol. The van der Waals surface area contributed by atoms with Gasteiger partial charge in [0.2, 0.25) is 0 Å². The molecule has 1 saturated heterocycles. The lowest BCUT2D eigenvalue weighted by Gasteiger charge is -2.37. The number of carbonyl (C=O) groups is 3. The van der Waals surface area contributed by atoms with Crippen LogP contribution in [0.5, 0.6) is 0 Å². The summed E-state index contributed by atoms with van der Waals surface area (Å²) in [5.74, 6) is 0.0954. The number of anilines is 2. The highest BCUT2D eigenvalue weighted by molar-refractivity contribution is 7.59. The van der Waals surface area contributed by atoms with Crippen LogP contribution in [0.25, 0.3) is 0 Å². The number of carbonyl (C=O) groups excluding carboxylic acids is 3. The number of likely N-dealkylation sites (N-methyl/N-ethyl adjacent to an activating group) is 1. The fraction of sp³-hybridized carbons (Fsp3) is 0.556. The van der Waals surface area contributed by atoms with Crippen LogP contribution in [0.2, 0.25) is 0 Å². The molecule has 0 aliphatic carbocycles. The van der Waals surface area contributed by atoms with Gasteiger partial charge in [-0.15, -0.1) is 5.10 Å². The highest BCUT2D eigenvalue weighted by atomic mass is 32.1. The Labute approximate surface area is 242 Å². The third-order valence-electron chi connectivity index (χ3n) is 7.35. The van der Waals surface area contributed by atoms with E-state index in [4.69, 9.17) is 15.2 Å². The maximum absolute atomic E-state index is 13.8. The number of hydrogen-bond acceptors (Lipinski definition) is 8. The van der Waals surface area contributed by atoms with Gasteiger partial charge in [-0.25, -0.2) is 9.59 Å². The van der Waals surface area contributed by atoms with Crippen molar-refractivity contribution in [3.05, 3.63) is 41.1 Å². The van der Waals surface area contributed by atoms with Crippen molar-refractivity contribution in [2.45, 2.75) is 51.7 Å². The van der Waals surface area contributed by atoms with Crippen LogP contribution in [-0.2, 0) is 21.6 Å². The smallest absolute Gasteiger partial charge is 0.435 e. The summed E-state index contributed by atoms with van der Waals surface area (Å²) >= 11 is 0. The summed E-state index contributed by atoms with van der Waals surface area (Å²) in [7, 11) is 3.97. The molecule has 0 unspecified atom stereocenters. The Bertz CT molecular complexity index is 1210. The molecule has 13 heteroatoms. The van der Waals surface area contributed by atoms with E-state index in [1.54, 1.807) is 36.1 Å². The fourth-order valence-electron chi connectivity index (χ4n) is 5.33. The Morgan fingerprint density at radius 1 is 1.20 bits per heavy atom. The molecule has 0 saturated carbocycles. The van der Waals surface area contributed by atoms with Gasteiger partial charge < -0.3 is 35.6 Å². The molecule has 0 spiro atoms. The lowest BCUT2D eigenvalue weighted by molar-refractivity contribution is 0.0488. The maximum Gasteiger partial charge on any atom is 0.435 e. The second-order valence-electron chi connectivity index (χ2n) is 10.8. The number of amides is 3. The van der Waals surface area contributed by atoms with Gasteiger partial charge in [-0.05, 0) is 77.9 Å². The number of nitrogens with two attached hydrogens (primary N) is 1. The van der Waals surface area contributed by atoms with E-state index in [0.717, 1.165) is 17.5 Å². The molecule has 0 radical (unpaired) electrons. The third kappa shape index (κ3) is 6.53. The topological polar surface area (TPSA) is 144 Å². The van der Waals surface area contributed by atoms with Crippen molar-refractivity contribution in [3.8, 4) is 0 Å². The minimum Gasteiger partial charge on any atom is -0.448 e. The number of nitrogens with one attached hydrogen (secondary N) is 2. The van der Waals surface area contributed by atoms with E-state index in [-0.39, 0.29) is 44.5 Å². The van der Waals surface area contributed by atoms with Crippen molar-refractivity contribution in [1.29, 1.82) is 0 Å². The molecule has 4 rings (SSSR count). The summed E-state index contributed by atoms with van der Waals surface area (Å²) in [6.45, 7) is 7.78. The van der Waals surface area contributed by atoms with Gasteiger partial charge in [0.05, 0.1) is 24.4 Å². The molecule has 3 heterocycles. The van der Waals surface area contributed by atoms with Gasteiger partial charge in [-0.3, -0.25) is 4.79 Å². The van der Waals surface area contributed by atoms with E-state index in [1.807, 2.05) is 27.9 Å². The maximum atomic E-state index is 13.8. The van der Waals surface area contributed by atoms with Crippen LogP contribution in [0.15, 0.2) is 24.3 Å². The minimum absolute atomic E-state index is 0. The predicted molar refractivity (Wildman–Crippen MR) is 157 cm³/mol. The SMILES string of the molecule is CCOC(=O)n1nc(NC(=O)c2ccc(N)cc2)c2c1C(C)(C)N(C(=O)N[C@H](CN(C)C)C1CCOCC1)C2.S. The fourth-order valence-corrected chi connectivity index (χ4v) is 5.33. The van der Waals surface area contributed by atoms with Crippen molar-refractivity contribution in [3.63, 3.8) is 0 Å². The lowest BCUT2D eigenvalue weighted by Crippen LogP contribution is -2.54. The highest BCUT2D eigenvalue weighted by Gasteiger charge is 2.47. The highest BCUT2D eigenvalue weighted by Crippen LogP contribution is 2.42. The van der Waals surface area contributed by atoms with Crippen molar-refractivity contribution in [1.82, 2.24) is 24.9 Å². The molecule has 3 amide bonds. The number of nitrogens with zero attached hydrogens (tertiary/aromatic N) is 4. The molecule has 4 N–H and O–H groups in total. The number of urea groups is 1. The van der Waals surface area contributed by atoms with Crippen LogP contribution >= 0.6 is 13.5 Å². The lowest BCUT2D eigenvalue weighted by atomic mass is 9.91. The normalized spacial score (nSPS) is 17.1. The first-order valence-electron chi connectivity index (χ1n) is 13.3. The number of benzene rings is 1. The first kappa shape index (κ1) is 31.2. The van der Waals surface area contributed by atoms with Crippen molar-refractivity contribution < 1.29 is 23.9 Å². The second-order valence-corrected chi connectivity index (χ2v) is 10.8. The molecule has 0 bridgehead atoms. The standard InChI is InChI=1S/C27H39N7O5.H2S/c1-6-39-26(37)34-22-20(23(31-34)30-24(35)18-7-9-19(28)10-8-18)15-33(27(22,2)3)25(36)29-21(16-32(4)5)17-11-13-38-14-12-17;/h7-10,17,21H,6,11-16,28H2,1-5H3,(H,29,36)(H,30,31,35);1H2/t21-;/m1./s1. The van der Waals surface area contributed by atoms with Crippen molar-refractivity contribution >= 4 is 43.0 Å². The molecule has 2 aliphatic rings. The number of aromatic nitrogens is 2. The van der Waals surface area contributed by atoms with Gasteiger partial charge >= 0.3 is 12.1 Å². The van der Waals surface area contributed by atoms with E-state index in [9.17, 15) is 14.4 Å². The van der Waals surface area contributed by atoms with Crippen LogP contribution < -0.4 is 16.4 Å². The van der Waals surface area contributed by atoms with Crippen molar-refractivity contribution in [2.75, 3.05) is 51.5 Å². The number of ether oxygens (including phenoxy) is 2. The predicted octanol–water partition coefficient (Wildman–Crippen LogP) is 2.95. The molecule has 2 aromatic rings. The molecule has 2 aliphatic heterocycles. The van der Waals surface area contributed by atoms with Crippen LogP contribution in [-0.4, -0.2) is 84.1 Å². The molecule has 220 valence electrons.